The summed E-state index contributed by atoms with van der Waals surface area (Å²) < 4.78 is 0. The molecule has 0 radical (unpaired) electrons. The van der Waals surface area contributed by atoms with Crippen molar-refractivity contribution in [2.75, 3.05) is 18.0 Å². The smallest absolute Gasteiger partial charge is 0.0396 e. The van der Waals surface area contributed by atoms with Gasteiger partial charge in [-0.3, -0.25) is 0 Å². The van der Waals surface area contributed by atoms with Crippen molar-refractivity contribution < 1.29 is 0 Å². The van der Waals surface area contributed by atoms with Crippen LogP contribution in [-0.2, 0) is 6.42 Å². The van der Waals surface area contributed by atoms with Gasteiger partial charge in [-0.25, -0.2) is 0 Å². The van der Waals surface area contributed by atoms with E-state index in [1.54, 1.807) is 0 Å². The molecule has 1 atom stereocenters. The van der Waals surface area contributed by atoms with Crippen LogP contribution in [0.25, 0.3) is 0 Å². The molecule has 1 fully saturated rings. The van der Waals surface area contributed by atoms with E-state index in [9.17, 15) is 0 Å². The molecule has 106 valence electrons. The number of hydrogen-bond donors (Lipinski definition) is 1. The molecule has 1 aromatic carbocycles. The van der Waals surface area contributed by atoms with Crippen LogP contribution in [0, 0.1) is 12.8 Å². The number of aryl methyl sites for hydroxylation is 1. The molecule has 1 aliphatic rings. The lowest BCUT2D eigenvalue weighted by Gasteiger charge is -2.25. The Hall–Kier alpha value is -1.02. The molecule has 0 aromatic heterocycles. The van der Waals surface area contributed by atoms with E-state index in [1.165, 1.54) is 36.2 Å². The highest BCUT2D eigenvalue weighted by Crippen LogP contribution is 2.32. The molecule has 0 spiro atoms. The molecule has 2 N–H and O–H groups in total. The predicted molar refractivity (Wildman–Crippen MR) is 83.8 cm³/mol. The largest absolute Gasteiger partial charge is 0.371 e. The molecular formula is C17H28N2. The molecule has 1 aliphatic carbocycles. The molecule has 1 unspecified atom stereocenters. The van der Waals surface area contributed by atoms with Gasteiger partial charge in [0.15, 0.2) is 0 Å². The van der Waals surface area contributed by atoms with E-state index in [1.807, 2.05) is 0 Å². The predicted octanol–water partition coefficient (Wildman–Crippen LogP) is 3.51. The van der Waals surface area contributed by atoms with Gasteiger partial charge >= 0.3 is 0 Å². The van der Waals surface area contributed by atoms with Crippen molar-refractivity contribution in [3.05, 3.63) is 29.3 Å². The topological polar surface area (TPSA) is 29.3 Å². The highest BCUT2D eigenvalue weighted by Gasteiger charge is 2.24. The number of anilines is 1. The van der Waals surface area contributed by atoms with Gasteiger partial charge in [-0.1, -0.05) is 19.1 Å². The van der Waals surface area contributed by atoms with Crippen molar-refractivity contribution in [3.8, 4) is 0 Å². The summed E-state index contributed by atoms with van der Waals surface area (Å²) in [6.07, 6.45) is 4.87. The maximum atomic E-state index is 6.04. The highest BCUT2D eigenvalue weighted by atomic mass is 15.1. The summed E-state index contributed by atoms with van der Waals surface area (Å²) in [7, 11) is 0. The standard InChI is InChI=1S/C17H28N2/c1-4-16(18)11-15-8-9-17(13(3)10-15)19(5-2)12-14-6-7-14/h8-10,14,16H,4-7,11-12,18H2,1-3H3. The molecule has 2 rings (SSSR count). The Morgan fingerprint density at radius 2 is 2.05 bits per heavy atom. The van der Waals surface area contributed by atoms with Crippen molar-refractivity contribution in [1.29, 1.82) is 0 Å². The lowest BCUT2D eigenvalue weighted by Crippen LogP contribution is -2.26. The molecule has 0 saturated heterocycles. The van der Waals surface area contributed by atoms with Crippen LogP contribution in [0.4, 0.5) is 5.69 Å². The van der Waals surface area contributed by atoms with Crippen LogP contribution in [0.15, 0.2) is 18.2 Å². The third-order valence-electron chi connectivity index (χ3n) is 4.18. The van der Waals surface area contributed by atoms with E-state index in [0.717, 1.165) is 25.3 Å². The first kappa shape index (κ1) is 14.4. The molecule has 0 bridgehead atoms. The molecule has 1 aromatic rings. The summed E-state index contributed by atoms with van der Waals surface area (Å²) >= 11 is 0. The average molecular weight is 260 g/mol. The maximum Gasteiger partial charge on any atom is 0.0396 e. The second-order valence-electron chi connectivity index (χ2n) is 5.98. The van der Waals surface area contributed by atoms with Gasteiger partial charge < -0.3 is 10.6 Å². The van der Waals surface area contributed by atoms with Crippen molar-refractivity contribution in [1.82, 2.24) is 0 Å². The molecule has 2 nitrogen and oxygen atoms in total. The van der Waals surface area contributed by atoms with E-state index in [4.69, 9.17) is 5.73 Å². The maximum absolute atomic E-state index is 6.04. The second-order valence-corrected chi connectivity index (χ2v) is 5.98. The van der Waals surface area contributed by atoms with Crippen molar-refractivity contribution in [2.24, 2.45) is 11.7 Å². The Bertz CT molecular complexity index is 410. The zero-order chi connectivity index (χ0) is 13.8. The molecule has 19 heavy (non-hydrogen) atoms. The van der Waals surface area contributed by atoms with Crippen LogP contribution in [-0.4, -0.2) is 19.1 Å². The van der Waals surface area contributed by atoms with Gasteiger partial charge in [-0.05, 0) is 62.6 Å². The van der Waals surface area contributed by atoms with Crippen LogP contribution in [0.1, 0.15) is 44.2 Å². The fourth-order valence-corrected chi connectivity index (χ4v) is 2.66. The summed E-state index contributed by atoms with van der Waals surface area (Å²) in [5.74, 6) is 0.938. The first-order valence-corrected chi connectivity index (χ1v) is 7.74. The minimum atomic E-state index is 0.291. The first-order valence-electron chi connectivity index (χ1n) is 7.74. The molecular weight excluding hydrogens is 232 g/mol. The normalized spacial score (nSPS) is 16.4. The second kappa shape index (κ2) is 6.42. The lowest BCUT2D eigenvalue weighted by atomic mass is 10.0. The fraction of sp³-hybridized carbons (Fsp3) is 0.647. The van der Waals surface area contributed by atoms with E-state index in [0.29, 0.717) is 6.04 Å². The quantitative estimate of drug-likeness (QED) is 0.813. The van der Waals surface area contributed by atoms with E-state index in [2.05, 4.69) is 43.9 Å². The minimum absolute atomic E-state index is 0.291. The molecule has 2 heteroatoms. The summed E-state index contributed by atoms with van der Waals surface area (Å²) in [5, 5.41) is 0. The fourth-order valence-electron chi connectivity index (χ4n) is 2.66. The molecule has 1 saturated carbocycles. The van der Waals surface area contributed by atoms with Crippen LogP contribution in [0.5, 0.6) is 0 Å². The monoisotopic (exact) mass is 260 g/mol. The van der Waals surface area contributed by atoms with E-state index >= 15 is 0 Å². The van der Waals surface area contributed by atoms with Gasteiger partial charge in [0, 0.05) is 24.8 Å². The number of rotatable bonds is 7. The van der Waals surface area contributed by atoms with Crippen molar-refractivity contribution >= 4 is 5.69 Å². The van der Waals surface area contributed by atoms with Crippen LogP contribution in [0.2, 0.25) is 0 Å². The summed E-state index contributed by atoms with van der Waals surface area (Å²) in [4.78, 5) is 2.52. The minimum Gasteiger partial charge on any atom is -0.371 e. The van der Waals surface area contributed by atoms with Crippen molar-refractivity contribution in [2.45, 2.75) is 52.5 Å². The van der Waals surface area contributed by atoms with Gasteiger partial charge in [0.1, 0.15) is 0 Å². The van der Waals surface area contributed by atoms with E-state index < -0.39 is 0 Å². The van der Waals surface area contributed by atoms with Crippen LogP contribution < -0.4 is 10.6 Å². The number of hydrogen-bond acceptors (Lipinski definition) is 2. The van der Waals surface area contributed by atoms with Gasteiger partial charge in [0.2, 0.25) is 0 Å². The average Bonchev–Trinajstić information content (AvgIpc) is 3.20. The van der Waals surface area contributed by atoms with Crippen LogP contribution in [0.3, 0.4) is 0 Å². The molecule has 0 amide bonds. The van der Waals surface area contributed by atoms with Crippen molar-refractivity contribution in [3.63, 3.8) is 0 Å². The Kier molecular flexibility index (Phi) is 4.87. The SMILES string of the molecule is CCC(N)Cc1ccc(N(CC)CC2CC2)c(C)c1. The van der Waals surface area contributed by atoms with Gasteiger partial charge in [0.25, 0.3) is 0 Å². The first-order chi connectivity index (χ1) is 9.13. The summed E-state index contributed by atoms with van der Waals surface area (Å²) in [6.45, 7) is 8.96. The summed E-state index contributed by atoms with van der Waals surface area (Å²) in [6, 6.07) is 7.16. The van der Waals surface area contributed by atoms with Gasteiger partial charge in [-0.2, -0.15) is 0 Å². The van der Waals surface area contributed by atoms with Gasteiger partial charge in [0.05, 0.1) is 0 Å². The Labute approximate surface area is 118 Å². The highest BCUT2D eigenvalue weighted by molar-refractivity contribution is 5.54. The zero-order valence-electron chi connectivity index (χ0n) is 12.7. The van der Waals surface area contributed by atoms with E-state index in [-0.39, 0.29) is 0 Å². The molecule has 0 heterocycles. The lowest BCUT2D eigenvalue weighted by molar-refractivity contribution is 0.646. The Morgan fingerprint density at radius 3 is 2.58 bits per heavy atom. The molecule has 0 aliphatic heterocycles. The number of nitrogens with zero attached hydrogens (tertiary/aromatic N) is 1. The Morgan fingerprint density at radius 1 is 1.32 bits per heavy atom. The third-order valence-corrected chi connectivity index (χ3v) is 4.18. The van der Waals surface area contributed by atoms with Crippen LogP contribution >= 0.6 is 0 Å². The zero-order valence-corrected chi connectivity index (χ0v) is 12.7. The number of benzene rings is 1. The Balaban J connectivity index is 2.08. The third kappa shape index (κ3) is 3.97. The summed E-state index contributed by atoms with van der Waals surface area (Å²) in [5.41, 5.74) is 10.2. The van der Waals surface area contributed by atoms with Gasteiger partial charge in [-0.15, -0.1) is 0 Å². The number of nitrogens with two attached hydrogens (primary N) is 1.